The summed E-state index contributed by atoms with van der Waals surface area (Å²) in [4.78, 5) is 25.5. The Bertz CT molecular complexity index is 441. The van der Waals surface area contributed by atoms with Gasteiger partial charge in [-0.2, -0.15) is 0 Å². The normalized spacial score (nSPS) is 12.4. The zero-order valence-electron chi connectivity index (χ0n) is 11.5. The largest absolute Gasteiger partial charge is 0.477 e. The highest BCUT2D eigenvalue weighted by Gasteiger charge is 2.15. The van der Waals surface area contributed by atoms with E-state index in [1.165, 1.54) is 6.07 Å². The molecule has 6 heteroatoms. The van der Waals surface area contributed by atoms with Crippen molar-refractivity contribution in [2.75, 3.05) is 19.6 Å². The van der Waals surface area contributed by atoms with E-state index in [-0.39, 0.29) is 16.8 Å². The molecule has 0 aromatic carbocycles. The van der Waals surface area contributed by atoms with Gasteiger partial charge in [0.15, 0.2) is 0 Å². The van der Waals surface area contributed by atoms with Gasteiger partial charge in [-0.3, -0.25) is 4.79 Å². The third-order valence-corrected chi connectivity index (χ3v) is 3.92. The van der Waals surface area contributed by atoms with Gasteiger partial charge < -0.3 is 15.3 Å². The van der Waals surface area contributed by atoms with Crippen LogP contribution in [0.3, 0.4) is 0 Å². The molecule has 1 aromatic rings. The SMILES string of the molecule is CCN(CC)CC(C)NC(=O)c1ccc(C(=O)O)s1. The Labute approximate surface area is 117 Å². The number of amides is 1. The summed E-state index contributed by atoms with van der Waals surface area (Å²) in [7, 11) is 0. The van der Waals surface area contributed by atoms with Crippen LogP contribution in [0.15, 0.2) is 12.1 Å². The number of thiophene rings is 1. The molecule has 0 aliphatic carbocycles. The number of rotatable bonds is 7. The van der Waals surface area contributed by atoms with Crippen molar-refractivity contribution < 1.29 is 14.7 Å². The first-order valence-corrected chi connectivity index (χ1v) is 7.15. The molecule has 5 nitrogen and oxygen atoms in total. The van der Waals surface area contributed by atoms with Crippen LogP contribution in [0.5, 0.6) is 0 Å². The van der Waals surface area contributed by atoms with Crippen molar-refractivity contribution in [3.8, 4) is 0 Å². The third kappa shape index (κ3) is 4.65. The van der Waals surface area contributed by atoms with Gasteiger partial charge in [0, 0.05) is 12.6 Å². The smallest absolute Gasteiger partial charge is 0.345 e. The topological polar surface area (TPSA) is 69.6 Å². The molecule has 0 saturated carbocycles. The Balaban J connectivity index is 2.56. The summed E-state index contributed by atoms with van der Waals surface area (Å²) < 4.78 is 0. The van der Waals surface area contributed by atoms with Crippen LogP contribution in [0.4, 0.5) is 0 Å². The second-order valence-electron chi connectivity index (χ2n) is 4.33. The van der Waals surface area contributed by atoms with Crippen molar-refractivity contribution in [3.63, 3.8) is 0 Å². The molecule has 0 spiro atoms. The lowest BCUT2D eigenvalue weighted by molar-refractivity contribution is 0.0702. The van der Waals surface area contributed by atoms with E-state index in [9.17, 15) is 9.59 Å². The summed E-state index contributed by atoms with van der Waals surface area (Å²) in [5.41, 5.74) is 0. The minimum absolute atomic E-state index is 0.0304. The van der Waals surface area contributed by atoms with Crippen LogP contribution in [0.2, 0.25) is 0 Å². The highest BCUT2D eigenvalue weighted by molar-refractivity contribution is 7.15. The van der Waals surface area contributed by atoms with Gasteiger partial charge in [0.1, 0.15) is 4.88 Å². The fourth-order valence-corrected chi connectivity index (χ4v) is 2.53. The van der Waals surface area contributed by atoms with Crippen molar-refractivity contribution in [2.24, 2.45) is 0 Å². The minimum atomic E-state index is -1.000. The van der Waals surface area contributed by atoms with Crippen molar-refractivity contribution in [1.82, 2.24) is 10.2 Å². The number of aromatic carboxylic acids is 1. The number of hydrogen-bond donors (Lipinski definition) is 2. The van der Waals surface area contributed by atoms with Crippen LogP contribution in [-0.4, -0.2) is 47.6 Å². The number of carboxylic acids is 1. The first kappa shape index (κ1) is 15.7. The molecule has 19 heavy (non-hydrogen) atoms. The van der Waals surface area contributed by atoms with Crippen molar-refractivity contribution in [2.45, 2.75) is 26.8 Å². The standard InChI is InChI=1S/C13H20N2O3S/c1-4-15(5-2)8-9(3)14-12(16)10-6-7-11(19-10)13(17)18/h6-7,9H,4-5,8H2,1-3H3,(H,14,16)(H,17,18). The monoisotopic (exact) mass is 284 g/mol. The molecule has 106 valence electrons. The lowest BCUT2D eigenvalue weighted by Gasteiger charge is -2.23. The van der Waals surface area contributed by atoms with Gasteiger partial charge >= 0.3 is 5.97 Å². The van der Waals surface area contributed by atoms with E-state index in [2.05, 4.69) is 24.1 Å². The predicted molar refractivity (Wildman–Crippen MR) is 76.0 cm³/mol. The number of nitrogens with one attached hydrogen (secondary N) is 1. The molecule has 1 atom stereocenters. The Hall–Kier alpha value is -1.40. The molecule has 0 saturated heterocycles. The van der Waals surface area contributed by atoms with E-state index in [1.54, 1.807) is 6.07 Å². The molecule has 0 bridgehead atoms. The van der Waals surface area contributed by atoms with Crippen LogP contribution >= 0.6 is 11.3 Å². The molecule has 1 rings (SSSR count). The molecule has 0 fully saturated rings. The average Bonchev–Trinajstić information content (AvgIpc) is 2.85. The maximum atomic E-state index is 11.9. The van der Waals surface area contributed by atoms with Gasteiger partial charge in [-0.1, -0.05) is 13.8 Å². The minimum Gasteiger partial charge on any atom is -0.477 e. The maximum Gasteiger partial charge on any atom is 0.345 e. The van der Waals surface area contributed by atoms with Crippen LogP contribution in [-0.2, 0) is 0 Å². The fourth-order valence-electron chi connectivity index (χ4n) is 1.78. The van der Waals surface area contributed by atoms with Crippen LogP contribution in [0.25, 0.3) is 0 Å². The van der Waals surface area contributed by atoms with Crippen molar-refractivity contribution in [3.05, 3.63) is 21.9 Å². The summed E-state index contributed by atoms with van der Waals surface area (Å²) in [6, 6.07) is 3.03. The molecule has 1 unspecified atom stereocenters. The Morgan fingerprint density at radius 1 is 1.32 bits per heavy atom. The van der Waals surface area contributed by atoms with Gasteiger partial charge in [-0.25, -0.2) is 4.79 Å². The number of hydrogen-bond acceptors (Lipinski definition) is 4. The van der Waals surface area contributed by atoms with E-state index in [1.807, 2.05) is 6.92 Å². The lowest BCUT2D eigenvalue weighted by Crippen LogP contribution is -2.41. The van der Waals surface area contributed by atoms with Crippen LogP contribution in [0, 0.1) is 0 Å². The molecule has 2 N–H and O–H groups in total. The maximum absolute atomic E-state index is 11.9. The Morgan fingerprint density at radius 2 is 1.89 bits per heavy atom. The molecular weight excluding hydrogens is 264 g/mol. The number of carbonyl (C=O) groups excluding carboxylic acids is 1. The van der Waals surface area contributed by atoms with Crippen LogP contribution < -0.4 is 5.32 Å². The van der Waals surface area contributed by atoms with E-state index < -0.39 is 5.97 Å². The molecule has 1 heterocycles. The summed E-state index contributed by atoms with van der Waals surface area (Å²) in [6.07, 6.45) is 0. The molecule has 0 radical (unpaired) electrons. The molecule has 0 aliphatic rings. The van der Waals surface area contributed by atoms with Gasteiger partial charge in [-0.15, -0.1) is 11.3 Å². The lowest BCUT2D eigenvalue weighted by atomic mass is 10.3. The summed E-state index contributed by atoms with van der Waals surface area (Å²) >= 11 is 0.996. The summed E-state index contributed by atoms with van der Waals surface area (Å²) in [5.74, 6) is -1.21. The van der Waals surface area contributed by atoms with E-state index in [0.29, 0.717) is 4.88 Å². The zero-order chi connectivity index (χ0) is 14.4. The number of carboxylic acid groups (broad SMARTS) is 1. The average molecular weight is 284 g/mol. The third-order valence-electron chi connectivity index (χ3n) is 2.84. The summed E-state index contributed by atoms with van der Waals surface area (Å²) in [6.45, 7) is 8.78. The van der Waals surface area contributed by atoms with Gasteiger partial charge in [0.05, 0.1) is 4.88 Å². The molecule has 1 aromatic heterocycles. The van der Waals surface area contributed by atoms with E-state index >= 15 is 0 Å². The Kier molecular flexibility index (Phi) is 5.98. The zero-order valence-corrected chi connectivity index (χ0v) is 12.3. The highest BCUT2D eigenvalue weighted by atomic mass is 32.1. The molecular formula is C13H20N2O3S. The number of nitrogens with zero attached hydrogens (tertiary/aromatic N) is 1. The molecule has 0 aliphatic heterocycles. The van der Waals surface area contributed by atoms with Gasteiger partial charge in [0.25, 0.3) is 5.91 Å². The van der Waals surface area contributed by atoms with Gasteiger partial charge in [0.2, 0.25) is 0 Å². The first-order valence-electron chi connectivity index (χ1n) is 6.34. The van der Waals surface area contributed by atoms with Crippen molar-refractivity contribution >= 4 is 23.2 Å². The molecule has 1 amide bonds. The fraction of sp³-hybridized carbons (Fsp3) is 0.538. The number of likely N-dealkylation sites (N-methyl/N-ethyl adjacent to an activating group) is 1. The van der Waals surface area contributed by atoms with Gasteiger partial charge in [-0.05, 0) is 32.1 Å². The van der Waals surface area contributed by atoms with E-state index in [0.717, 1.165) is 31.0 Å². The Morgan fingerprint density at radius 3 is 2.37 bits per heavy atom. The first-order chi connectivity index (χ1) is 8.97. The highest BCUT2D eigenvalue weighted by Crippen LogP contribution is 2.16. The van der Waals surface area contributed by atoms with Crippen molar-refractivity contribution in [1.29, 1.82) is 0 Å². The second kappa shape index (κ2) is 7.25. The van der Waals surface area contributed by atoms with Crippen LogP contribution in [0.1, 0.15) is 40.1 Å². The predicted octanol–water partition coefficient (Wildman–Crippen LogP) is 1.91. The quantitative estimate of drug-likeness (QED) is 0.802. The number of carbonyl (C=O) groups is 2. The van der Waals surface area contributed by atoms with E-state index in [4.69, 9.17) is 5.11 Å². The summed E-state index contributed by atoms with van der Waals surface area (Å²) in [5, 5.41) is 11.7. The second-order valence-corrected chi connectivity index (χ2v) is 5.41.